The minimum absolute atomic E-state index is 0.190. The van der Waals surface area contributed by atoms with Crippen LogP contribution in [0.25, 0.3) is 0 Å². The number of amides is 2. The minimum Gasteiger partial charge on any atom is -0.341 e. The molecule has 118 valence electrons. The Morgan fingerprint density at radius 2 is 2.05 bits per heavy atom. The number of piperazine rings is 1. The molecule has 2 heterocycles. The zero-order valence-electron chi connectivity index (χ0n) is 12.9. The molecule has 5 heteroatoms. The standard InChI is InChI=1S/C16H27N3O2/c20-15(7-6-13-3-1-4-13)18-9-2-5-14(12-18)19-10-8-17-11-16(19)21/h13-14,17H,1-12H2. The summed E-state index contributed by atoms with van der Waals surface area (Å²) in [6, 6.07) is 0.237. The Hall–Kier alpha value is -1.10. The van der Waals surface area contributed by atoms with Gasteiger partial charge in [0.15, 0.2) is 0 Å². The molecule has 0 spiro atoms. The normalized spacial score (nSPS) is 27.6. The maximum atomic E-state index is 12.4. The fourth-order valence-electron chi connectivity index (χ4n) is 3.71. The summed E-state index contributed by atoms with van der Waals surface area (Å²) >= 11 is 0. The number of nitrogens with one attached hydrogen (secondary N) is 1. The Kier molecular flexibility index (Phi) is 4.78. The topological polar surface area (TPSA) is 52.7 Å². The van der Waals surface area contributed by atoms with E-state index in [4.69, 9.17) is 0 Å². The monoisotopic (exact) mass is 293 g/mol. The van der Waals surface area contributed by atoms with Gasteiger partial charge in [0, 0.05) is 38.6 Å². The highest BCUT2D eigenvalue weighted by molar-refractivity contribution is 5.80. The van der Waals surface area contributed by atoms with Gasteiger partial charge < -0.3 is 15.1 Å². The minimum atomic E-state index is 0.190. The third kappa shape index (κ3) is 3.57. The molecule has 21 heavy (non-hydrogen) atoms. The molecule has 1 atom stereocenters. The first-order valence-electron chi connectivity index (χ1n) is 8.52. The van der Waals surface area contributed by atoms with E-state index in [1.165, 1.54) is 19.3 Å². The Morgan fingerprint density at radius 1 is 1.19 bits per heavy atom. The summed E-state index contributed by atoms with van der Waals surface area (Å²) in [6.07, 6.45) is 7.79. The molecule has 3 aliphatic rings. The molecule has 3 rings (SSSR count). The summed E-state index contributed by atoms with van der Waals surface area (Å²) in [6.45, 7) is 3.73. The van der Waals surface area contributed by atoms with Crippen LogP contribution in [0.5, 0.6) is 0 Å². The molecule has 0 aromatic carbocycles. The van der Waals surface area contributed by atoms with Crippen LogP contribution in [0.3, 0.4) is 0 Å². The Bertz CT molecular complexity index is 395. The summed E-state index contributed by atoms with van der Waals surface area (Å²) in [5.74, 6) is 1.29. The second kappa shape index (κ2) is 6.77. The molecule has 1 aliphatic carbocycles. The maximum absolute atomic E-state index is 12.4. The van der Waals surface area contributed by atoms with Crippen LogP contribution in [0, 0.1) is 5.92 Å². The zero-order valence-corrected chi connectivity index (χ0v) is 12.9. The first-order chi connectivity index (χ1) is 10.2. The van der Waals surface area contributed by atoms with Crippen LogP contribution in [-0.2, 0) is 9.59 Å². The molecule has 2 amide bonds. The lowest BCUT2D eigenvalue weighted by Crippen LogP contribution is -2.57. The average molecular weight is 293 g/mol. The van der Waals surface area contributed by atoms with E-state index in [9.17, 15) is 9.59 Å². The van der Waals surface area contributed by atoms with Gasteiger partial charge in [-0.25, -0.2) is 0 Å². The highest BCUT2D eigenvalue weighted by Crippen LogP contribution is 2.30. The maximum Gasteiger partial charge on any atom is 0.236 e. The summed E-state index contributed by atoms with van der Waals surface area (Å²) in [7, 11) is 0. The van der Waals surface area contributed by atoms with E-state index in [0.29, 0.717) is 18.9 Å². The SMILES string of the molecule is O=C(CCC1CCC1)N1CCCC(N2CCNCC2=O)C1. The van der Waals surface area contributed by atoms with Crippen LogP contribution >= 0.6 is 0 Å². The Labute approximate surface area is 127 Å². The van der Waals surface area contributed by atoms with Crippen molar-refractivity contribution in [2.24, 2.45) is 5.92 Å². The lowest BCUT2D eigenvalue weighted by molar-refractivity contribution is -0.140. The van der Waals surface area contributed by atoms with Crippen molar-refractivity contribution in [3.8, 4) is 0 Å². The first-order valence-corrected chi connectivity index (χ1v) is 8.52. The fraction of sp³-hybridized carbons (Fsp3) is 0.875. The van der Waals surface area contributed by atoms with Crippen molar-refractivity contribution in [1.82, 2.24) is 15.1 Å². The third-order valence-corrected chi connectivity index (χ3v) is 5.31. The van der Waals surface area contributed by atoms with Crippen molar-refractivity contribution in [1.29, 1.82) is 0 Å². The molecule has 5 nitrogen and oxygen atoms in total. The van der Waals surface area contributed by atoms with E-state index >= 15 is 0 Å². The molecule has 2 saturated heterocycles. The van der Waals surface area contributed by atoms with E-state index in [1.807, 2.05) is 9.80 Å². The Balaban J connectivity index is 1.49. The zero-order chi connectivity index (χ0) is 14.7. The summed E-state index contributed by atoms with van der Waals surface area (Å²) in [5.41, 5.74) is 0. The number of hydrogen-bond acceptors (Lipinski definition) is 3. The van der Waals surface area contributed by atoms with Gasteiger partial charge in [-0.2, -0.15) is 0 Å². The van der Waals surface area contributed by atoms with Crippen LogP contribution in [0.4, 0.5) is 0 Å². The predicted molar refractivity (Wildman–Crippen MR) is 80.8 cm³/mol. The number of rotatable bonds is 4. The Morgan fingerprint density at radius 3 is 2.76 bits per heavy atom. The second-order valence-electron chi connectivity index (χ2n) is 6.74. The van der Waals surface area contributed by atoms with Crippen molar-refractivity contribution in [3.05, 3.63) is 0 Å². The lowest BCUT2D eigenvalue weighted by atomic mass is 9.82. The second-order valence-corrected chi connectivity index (χ2v) is 6.74. The van der Waals surface area contributed by atoms with Crippen molar-refractivity contribution < 1.29 is 9.59 Å². The number of carbonyl (C=O) groups is 2. The molecule has 1 saturated carbocycles. The summed E-state index contributed by atoms with van der Waals surface area (Å²) in [5, 5.41) is 3.11. The van der Waals surface area contributed by atoms with Crippen molar-refractivity contribution in [2.75, 3.05) is 32.7 Å². The molecule has 3 fully saturated rings. The van der Waals surface area contributed by atoms with Crippen LogP contribution in [0.2, 0.25) is 0 Å². The number of carbonyl (C=O) groups excluding carboxylic acids is 2. The van der Waals surface area contributed by atoms with Crippen molar-refractivity contribution >= 4 is 11.8 Å². The average Bonchev–Trinajstić information content (AvgIpc) is 2.46. The van der Waals surface area contributed by atoms with Gasteiger partial charge in [0.25, 0.3) is 0 Å². The molecule has 2 aliphatic heterocycles. The van der Waals surface area contributed by atoms with Gasteiger partial charge in [-0.1, -0.05) is 19.3 Å². The van der Waals surface area contributed by atoms with Gasteiger partial charge in [0.1, 0.15) is 0 Å². The van der Waals surface area contributed by atoms with Gasteiger partial charge in [0.2, 0.25) is 11.8 Å². The number of likely N-dealkylation sites (tertiary alicyclic amines) is 1. The first kappa shape index (κ1) is 14.8. The van der Waals surface area contributed by atoms with Crippen molar-refractivity contribution in [2.45, 2.75) is 51.0 Å². The van der Waals surface area contributed by atoms with E-state index < -0.39 is 0 Å². The van der Waals surface area contributed by atoms with E-state index in [1.54, 1.807) is 0 Å². The van der Waals surface area contributed by atoms with Gasteiger partial charge >= 0.3 is 0 Å². The van der Waals surface area contributed by atoms with Gasteiger partial charge in [0.05, 0.1) is 6.54 Å². The van der Waals surface area contributed by atoms with Gasteiger partial charge in [-0.05, 0) is 25.2 Å². The van der Waals surface area contributed by atoms with Crippen molar-refractivity contribution in [3.63, 3.8) is 0 Å². The highest BCUT2D eigenvalue weighted by Gasteiger charge is 2.31. The number of piperidine rings is 1. The van der Waals surface area contributed by atoms with Crippen LogP contribution in [0.15, 0.2) is 0 Å². The molecule has 1 unspecified atom stereocenters. The largest absolute Gasteiger partial charge is 0.341 e. The molecule has 0 aromatic rings. The predicted octanol–water partition coefficient (Wildman–Crippen LogP) is 0.989. The number of hydrogen-bond donors (Lipinski definition) is 1. The smallest absolute Gasteiger partial charge is 0.236 e. The fourth-order valence-corrected chi connectivity index (χ4v) is 3.71. The molecular formula is C16H27N3O2. The lowest BCUT2D eigenvalue weighted by Gasteiger charge is -2.41. The summed E-state index contributed by atoms with van der Waals surface area (Å²) in [4.78, 5) is 28.3. The third-order valence-electron chi connectivity index (χ3n) is 5.31. The number of nitrogens with zero attached hydrogens (tertiary/aromatic N) is 2. The molecule has 1 N–H and O–H groups in total. The summed E-state index contributed by atoms with van der Waals surface area (Å²) < 4.78 is 0. The van der Waals surface area contributed by atoms with E-state index in [2.05, 4.69) is 5.32 Å². The molecule has 0 bridgehead atoms. The highest BCUT2D eigenvalue weighted by atomic mass is 16.2. The molecule has 0 aromatic heterocycles. The molecule has 0 radical (unpaired) electrons. The van der Waals surface area contributed by atoms with Crippen LogP contribution in [0.1, 0.15) is 44.9 Å². The van der Waals surface area contributed by atoms with Gasteiger partial charge in [-0.15, -0.1) is 0 Å². The molecular weight excluding hydrogens is 266 g/mol. The van der Waals surface area contributed by atoms with Crippen LogP contribution < -0.4 is 5.32 Å². The van der Waals surface area contributed by atoms with Crippen LogP contribution in [-0.4, -0.2) is 60.4 Å². The van der Waals surface area contributed by atoms with Gasteiger partial charge in [-0.3, -0.25) is 9.59 Å². The quantitative estimate of drug-likeness (QED) is 0.841. The van der Waals surface area contributed by atoms with E-state index in [-0.39, 0.29) is 11.9 Å². The van der Waals surface area contributed by atoms with E-state index in [0.717, 1.165) is 51.4 Å².